The summed E-state index contributed by atoms with van der Waals surface area (Å²) in [6, 6.07) is 3.85. The van der Waals surface area contributed by atoms with E-state index in [1.165, 1.54) is 0 Å². The van der Waals surface area contributed by atoms with Crippen LogP contribution in [0.1, 0.15) is 75.9 Å². The number of nitrogens with zero attached hydrogens (tertiary/aromatic N) is 1. The standard InChI is InChI=1S/C20H31NO3/c1-19(2,3)13-11-15(17(23)16(12-13)20(4,5)6)18(24)21-9-7-14(22)8-10-21/h11-12,14,22-23H,7-10H2,1-6H3. The van der Waals surface area contributed by atoms with Crippen LogP contribution < -0.4 is 0 Å². The molecule has 2 N–H and O–H groups in total. The van der Waals surface area contributed by atoms with E-state index in [-0.39, 0.29) is 28.6 Å². The molecule has 2 rings (SSSR count). The molecule has 1 fully saturated rings. The summed E-state index contributed by atoms with van der Waals surface area (Å²) in [5.74, 6) is -0.0531. The van der Waals surface area contributed by atoms with Crippen LogP contribution in [0.15, 0.2) is 12.1 Å². The minimum Gasteiger partial charge on any atom is -0.507 e. The summed E-state index contributed by atoms with van der Waals surface area (Å²) in [4.78, 5) is 14.7. The highest BCUT2D eigenvalue weighted by molar-refractivity contribution is 5.97. The van der Waals surface area contributed by atoms with E-state index < -0.39 is 0 Å². The van der Waals surface area contributed by atoms with Gasteiger partial charge in [-0.3, -0.25) is 4.79 Å². The van der Waals surface area contributed by atoms with E-state index in [0.29, 0.717) is 31.5 Å². The Kier molecular flexibility index (Phi) is 5.01. The highest BCUT2D eigenvalue weighted by Crippen LogP contribution is 2.38. The lowest BCUT2D eigenvalue weighted by Gasteiger charge is -2.32. The van der Waals surface area contributed by atoms with Crippen LogP contribution in [0.25, 0.3) is 0 Å². The van der Waals surface area contributed by atoms with Crippen molar-refractivity contribution in [3.63, 3.8) is 0 Å². The molecule has 0 atom stereocenters. The Morgan fingerprint density at radius 1 is 1.04 bits per heavy atom. The van der Waals surface area contributed by atoms with E-state index >= 15 is 0 Å². The summed E-state index contributed by atoms with van der Waals surface area (Å²) in [7, 11) is 0. The quantitative estimate of drug-likeness (QED) is 0.826. The van der Waals surface area contributed by atoms with Crippen LogP contribution in [-0.4, -0.2) is 40.2 Å². The van der Waals surface area contributed by atoms with Crippen LogP contribution >= 0.6 is 0 Å². The molecule has 0 spiro atoms. The Balaban J connectivity index is 2.50. The number of amides is 1. The second-order valence-corrected chi connectivity index (χ2v) is 8.94. The first-order valence-corrected chi connectivity index (χ1v) is 8.76. The normalized spacial score (nSPS) is 17.2. The largest absolute Gasteiger partial charge is 0.507 e. The third-order valence-electron chi connectivity index (χ3n) is 4.77. The highest BCUT2D eigenvalue weighted by atomic mass is 16.3. The number of phenols is 1. The average Bonchev–Trinajstić information content (AvgIpc) is 2.45. The van der Waals surface area contributed by atoms with Crippen molar-refractivity contribution >= 4 is 5.91 Å². The zero-order valence-corrected chi connectivity index (χ0v) is 15.8. The predicted molar refractivity (Wildman–Crippen MR) is 96.7 cm³/mol. The third-order valence-corrected chi connectivity index (χ3v) is 4.77. The number of hydrogen-bond acceptors (Lipinski definition) is 3. The Hall–Kier alpha value is -1.55. The van der Waals surface area contributed by atoms with Gasteiger partial charge in [-0.1, -0.05) is 47.6 Å². The Labute approximate surface area is 145 Å². The van der Waals surface area contributed by atoms with Crippen molar-refractivity contribution < 1.29 is 15.0 Å². The van der Waals surface area contributed by atoms with Crippen LogP contribution in [0.4, 0.5) is 0 Å². The lowest BCUT2D eigenvalue weighted by molar-refractivity contribution is 0.0544. The van der Waals surface area contributed by atoms with Gasteiger partial charge >= 0.3 is 0 Å². The number of hydrogen-bond donors (Lipinski definition) is 2. The number of carbonyl (C=O) groups is 1. The molecule has 0 radical (unpaired) electrons. The van der Waals surface area contributed by atoms with Gasteiger partial charge in [-0.15, -0.1) is 0 Å². The van der Waals surface area contributed by atoms with Gasteiger partial charge in [-0.2, -0.15) is 0 Å². The van der Waals surface area contributed by atoms with E-state index in [0.717, 1.165) is 11.1 Å². The van der Waals surface area contributed by atoms with Crippen LogP contribution in [0.2, 0.25) is 0 Å². The number of likely N-dealkylation sites (tertiary alicyclic amines) is 1. The zero-order chi connectivity index (χ0) is 18.3. The fraction of sp³-hybridized carbons (Fsp3) is 0.650. The maximum absolute atomic E-state index is 13.0. The molecule has 1 heterocycles. The van der Waals surface area contributed by atoms with Crippen molar-refractivity contribution in [3.05, 3.63) is 28.8 Å². The van der Waals surface area contributed by atoms with Gasteiger partial charge in [-0.05, 0) is 35.3 Å². The minimum absolute atomic E-state index is 0.0895. The number of aliphatic hydroxyl groups excluding tert-OH is 1. The monoisotopic (exact) mass is 333 g/mol. The first kappa shape index (κ1) is 18.8. The van der Waals surface area contributed by atoms with Crippen LogP contribution in [0.3, 0.4) is 0 Å². The summed E-state index contributed by atoms with van der Waals surface area (Å²) in [5, 5.41) is 20.4. The number of aromatic hydroxyl groups is 1. The topological polar surface area (TPSA) is 60.8 Å². The minimum atomic E-state index is -0.325. The molecule has 1 amide bonds. The summed E-state index contributed by atoms with van der Waals surface area (Å²) < 4.78 is 0. The van der Waals surface area contributed by atoms with Gasteiger partial charge in [0, 0.05) is 18.7 Å². The number of benzene rings is 1. The van der Waals surface area contributed by atoms with E-state index in [2.05, 4.69) is 20.8 Å². The summed E-state index contributed by atoms with van der Waals surface area (Å²) in [5.41, 5.74) is 1.86. The lowest BCUT2D eigenvalue weighted by Crippen LogP contribution is -2.40. The second-order valence-electron chi connectivity index (χ2n) is 8.94. The van der Waals surface area contributed by atoms with Crippen molar-refractivity contribution in [1.29, 1.82) is 0 Å². The number of rotatable bonds is 1. The van der Waals surface area contributed by atoms with Crippen molar-refractivity contribution in [2.75, 3.05) is 13.1 Å². The molecule has 0 unspecified atom stereocenters. The maximum Gasteiger partial charge on any atom is 0.257 e. The molecule has 24 heavy (non-hydrogen) atoms. The maximum atomic E-state index is 13.0. The summed E-state index contributed by atoms with van der Waals surface area (Å²) >= 11 is 0. The summed E-state index contributed by atoms with van der Waals surface area (Å²) in [6.07, 6.45) is 0.864. The number of carbonyl (C=O) groups excluding carboxylic acids is 1. The molecule has 4 heteroatoms. The molecule has 0 aliphatic carbocycles. The van der Waals surface area contributed by atoms with Gasteiger partial charge in [0.1, 0.15) is 5.75 Å². The van der Waals surface area contributed by atoms with Gasteiger partial charge in [0.05, 0.1) is 11.7 Å². The first-order valence-electron chi connectivity index (χ1n) is 8.76. The summed E-state index contributed by atoms with van der Waals surface area (Å²) in [6.45, 7) is 13.5. The van der Waals surface area contributed by atoms with Gasteiger partial charge in [-0.25, -0.2) is 0 Å². The van der Waals surface area contributed by atoms with Gasteiger partial charge in [0.2, 0.25) is 0 Å². The second kappa shape index (κ2) is 6.40. The Morgan fingerprint density at radius 2 is 1.58 bits per heavy atom. The molecule has 0 aromatic heterocycles. The van der Waals surface area contributed by atoms with Crippen molar-refractivity contribution in [2.45, 2.75) is 71.3 Å². The number of piperidine rings is 1. The SMILES string of the molecule is CC(C)(C)c1cc(C(=O)N2CCC(O)CC2)c(O)c(C(C)(C)C)c1. The van der Waals surface area contributed by atoms with Crippen molar-refractivity contribution in [3.8, 4) is 5.75 Å². The van der Waals surface area contributed by atoms with Crippen LogP contribution in [0, 0.1) is 0 Å². The predicted octanol–water partition coefficient (Wildman–Crippen LogP) is 3.58. The molecular weight excluding hydrogens is 302 g/mol. The molecule has 1 aliphatic heterocycles. The zero-order valence-electron chi connectivity index (χ0n) is 15.8. The molecule has 0 bridgehead atoms. The van der Waals surface area contributed by atoms with E-state index in [1.807, 2.05) is 32.9 Å². The van der Waals surface area contributed by atoms with Gasteiger partial charge in [0.15, 0.2) is 0 Å². The third kappa shape index (κ3) is 3.92. The van der Waals surface area contributed by atoms with E-state index in [9.17, 15) is 15.0 Å². The van der Waals surface area contributed by atoms with Crippen LogP contribution in [-0.2, 0) is 10.8 Å². The highest BCUT2D eigenvalue weighted by Gasteiger charge is 2.30. The molecule has 1 aromatic rings. The first-order chi connectivity index (χ1) is 10.9. The Bertz CT molecular complexity index is 615. The molecule has 1 aliphatic rings. The number of phenolic OH excluding ortho intramolecular Hbond substituents is 1. The van der Waals surface area contributed by atoms with Gasteiger partial charge in [0.25, 0.3) is 5.91 Å². The molecular formula is C20H31NO3. The molecule has 0 saturated carbocycles. The Morgan fingerprint density at radius 3 is 2.04 bits per heavy atom. The number of aliphatic hydroxyl groups is 1. The lowest BCUT2D eigenvalue weighted by atomic mass is 9.78. The van der Waals surface area contributed by atoms with Crippen LogP contribution in [0.5, 0.6) is 5.75 Å². The fourth-order valence-corrected chi connectivity index (χ4v) is 3.04. The average molecular weight is 333 g/mol. The fourth-order valence-electron chi connectivity index (χ4n) is 3.04. The molecule has 4 nitrogen and oxygen atoms in total. The van der Waals surface area contributed by atoms with Crippen molar-refractivity contribution in [2.24, 2.45) is 0 Å². The molecule has 1 aromatic carbocycles. The molecule has 134 valence electrons. The van der Waals surface area contributed by atoms with E-state index in [4.69, 9.17) is 0 Å². The van der Waals surface area contributed by atoms with Crippen molar-refractivity contribution in [1.82, 2.24) is 4.90 Å². The van der Waals surface area contributed by atoms with Gasteiger partial charge < -0.3 is 15.1 Å². The molecule has 1 saturated heterocycles. The van der Waals surface area contributed by atoms with E-state index in [1.54, 1.807) is 4.90 Å². The smallest absolute Gasteiger partial charge is 0.257 e.